The zero-order valence-corrected chi connectivity index (χ0v) is 45.2. The Balaban J connectivity index is 0.000000179. The second-order valence-corrected chi connectivity index (χ2v) is 21.5. The summed E-state index contributed by atoms with van der Waals surface area (Å²) >= 11 is 0. The maximum Gasteiger partial charge on any atom is 0.391 e. The van der Waals surface area contributed by atoms with Gasteiger partial charge in [0.25, 0.3) is 0 Å². The lowest BCUT2D eigenvalue weighted by atomic mass is 9.80. The van der Waals surface area contributed by atoms with Gasteiger partial charge in [0.2, 0.25) is 5.91 Å². The van der Waals surface area contributed by atoms with Crippen molar-refractivity contribution in [3.8, 4) is 0 Å². The molecule has 0 radical (unpaired) electrons. The van der Waals surface area contributed by atoms with Crippen LogP contribution in [-0.4, -0.2) is 95.3 Å². The fraction of sp³-hybridized carbons (Fsp3) is 0.525. The van der Waals surface area contributed by atoms with Crippen molar-refractivity contribution < 1.29 is 47.3 Å². The molecule has 1 amide bonds. The number of alkyl halides is 3. The largest absolute Gasteiger partial charge is 0.481 e. The molecule has 3 N–H and O–H groups in total. The van der Waals surface area contributed by atoms with Gasteiger partial charge in [0.1, 0.15) is 11.0 Å². The van der Waals surface area contributed by atoms with E-state index in [2.05, 4.69) is 77.0 Å². The average Bonchev–Trinajstić information content (AvgIpc) is 4.07. The van der Waals surface area contributed by atoms with Crippen LogP contribution in [0.15, 0.2) is 60.7 Å². The zero-order chi connectivity index (χ0) is 55.1. The van der Waals surface area contributed by atoms with E-state index in [-0.39, 0.29) is 61.7 Å². The van der Waals surface area contributed by atoms with Gasteiger partial charge in [0.15, 0.2) is 0 Å². The van der Waals surface area contributed by atoms with Crippen LogP contribution in [0.25, 0.3) is 22.1 Å². The first-order valence-corrected chi connectivity index (χ1v) is 27.3. The second kappa shape index (κ2) is 24.8. The Morgan fingerprint density at radius 3 is 1.75 bits per heavy atom. The lowest BCUT2D eigenvalue weighted by molar-refractivity contribution is -0.185. The molecule has 6 aromatic rings. The number of esters is 1. The van der Waals surface area contributed by atoms with Crippen molar-refractivity contribution in [3.63, 3.8) is 0 Å². The Morgan fingerprint density at radius 1 is 0.701 bits per heavy atom. The molecule has 4 aromatic carbocycles. The van der Waals surface area contributed by atoms with E-state index >= 15 is 0 Å². The van der Waals surface area contributed by atoms with Gasteiger partial charge >= 0.3 is 24.1 Å². The number of hydrogen-bond donors (Lipinski definition) is 3. The van der Waals surface area contributed by atoms with Crippen molar-refractivity contribution in [1.29, 1.82) is 0 Å². The number of rotatable bonds is 12. The number of halogens is 3. The number of aryl methyl sites for hydroxylation is 4. The van der Waals surface area contributed by atoms with Crippen LogP contribution in [0, 0.1) is 37.5 Å². The van der Waals surface area contributed by atoms with E-state index < -0.39 is 30.0 Å². The number of benzene rings is 4. The van der Waals surface area contributed by atoms with Crippen LogP contribution < -0.4 is 5.32 Å². The Bertz CT molecular complexity index is 3080. The number of nitrogens with zero attached hydrogens (tertiary/aromatic N) is 7. The molecule has 412 valence electrons. The van der Waals surface area contributed by atoms with E-state index in [1.165, 1.54) is 18.2 Å². The molecule has 10 rings (SSSR count). The minimum atomic E-state index is -4.20. The number of carboxylic acid groups (broad SMARTS) is 2. The summed E-state index contributed by atoms with van der Waals surface area (Å²) in [4.78, 5) is 49.6. The quantitative estimate of drug-likeness (QED) is 0.0983. The molecule has 2 aliphatic carbocycles. The molecule has 4 aliphatic rings. The number of nitrogens with one attached hydrogen (secondary N) is 1. The van der Waals surface area contributed by atoms with Gasteiger partial charge in [-0.25, -0.2) is 9.36 Å². The van der Waals surface area contributed by atoms with E-state index in [0.717, 1.165) is 124 Å². The SMILES string of the molecule is CC1CCC(C(=O)O)CC1.CCn1nnc2c(C)c(C(CC(=O)O)c3ccc4c(c3)CN(C(=O)C3CCC(C(F)(F)F)CC3)CC4)ccc21.CCn1nnc2c(C)c(C(CC(=O)OC)c3ccc4c(c3)CNCC4)ccc21. The van der Waals surface area contributed by atoms with Gasteiger partial charge in [-0.2, -0.15) is 13.2 Å². The number of carbonyl (C=O) groups is 4. The van der Waals surface area contributed by atoms with Gasteiger partial charge in [-0.15, -0.1) is 10.2 Å². The van der Waals surface area contributed by atoms with Crippen LogP contribution >= 0.6 is 0 Å². The van der Waals surface area contributed by atoms with E-state index in [0.29, 0.717) is 32.5 Å². The van der Waals surface area contributed by atoms with Crippen molar-refractivity contribution in [2.45, 2.75) is 156 Å². The molecule has 2 aliphatic heterocycles. The number of carbonyl (C=O) groups excluding carboxylic acids is 2. The molecule has 4 heterocycles. The summed E-state index contributed by atoms with van der Waals surface area (Å²) in [5.74, 6) is -3.28. The number of fused-ring (bicyclic) bond motifs is 4. The predicted molar refractivity (Wildman–Crippen MR) is 286 cm³/mol. The molecule has 2 unspecified atom stereocenters. The first-order valence-electron chi connectivity index (χ1n) is 27.3. The predicted octanol–water partition coefficient (Wildman–Crippen LogP) is 10.6. The van der Waals surface area contributed by atoms with E-state index in [1.807, 2.05) is 48.9 Å². The molecule has 18 heteroatoms. The normalized spacial score (nSPS) is 20.1. The van der Waals surface area contributed by atoms with Crippen molar-refractivity contribution in [3.05, 3.63) is 116 Å². The highest BCUT2D eigenvalue weighted by Gasteiger charge is 2.43. The van der Waals surface area contributed by atoms with Crippen molar-refractivity contribution in [2.75, 3.05) is 20.2 Å². The summed E-state index contributed by atoms with van der Waals surface area (Å²) in [6.45, 7) is 14.5. The number of ether oxygens (including phenoxy) is 1. The topological polar surface area (TPSA) is 195 Å². The van der Waals surface area contributed by atoms with E-state index in [1.54, 1.807) is 9.58 Å². The first kappa shape index (κ1) is 56.5. The Morgan fingerprint density at radius 2 is 1.23 bits per heavy atom. The Labute approximate surface area is 447 Å². The Hall–Kier alpha value is -6.69. The maximum atomic E-state index is 13.3. The van der Waals surface area contributed by atoms with Crippen LogP contribution in [0.1, 0.15) is 152 Å². The van der Waals surface area contributed by atoms with Crippen LogP contribution in [-0.2, 0) is 62.9 Å². The highest BCUT2D eigenvalue weighted by atomic mass is 19.4. The van der Waals surface area contributed by atoms with Crippen LogP contribution in [0.5, 0.6) is 0 Å². The standard InChI is InChI=1S/C29H33F3N4O3.C22H26N4O2.C8H14O2/c1-3-36-25-11-10-23(17(2)27(25)33-34-36)24(15-26(37)38)20-5-4-18-12-13-35(16-21(18)14-20)28(39)19-6-8-22(9-7-19)29(30,31)32;1-4-26-20-8-7-18(14(2)22(20)24-25-26)19(12-21(27)28-3)16-6-5-15-9-10-23-13-17(15)11-16;1-6-2-4-7(5-3-6)8(9)10/h4-5,10-11,14,19,22,24H,3,6-9,12-13,15-16H2,1-2H3,(H,37,38);5-8,11,19,23H,4,9-10,12-13H2,1-3H3;6-7H,2-5H2,1H3,(H,9,10). The summed E-state index contributed by atoms with van der Waals surface area (Å²) in [7, 11) is 1.44. The lowest BCUT2D eigenvalue weighted by Crippen LogP contribution is -2.41. The average molecular weight is 1060 g/mol. The van der Waals surface area contributed by atoms with Gasteiger partial charge in [-0.1, -0.05) is 65.9 Å². The fourth-order valence-electron chi connectivity index (χ4n) is 12.0. The van der Waals surface area contributed by atoms with E-state index in [4.69, 9.17) is 9.84 Å². The summed E-state index contributed by atoms with van der Waals surface area (Å²) in [6.07, 6.45) is 2.19. The molecular weight excluding hydrogens is 990 g/mol. The van der Waals surface area contributed by atoms with Gasteiger partial charge < -0.3 is 25.2 Å². The minimum Gasteiger partial charge on any atom is -0.481 e. The summed E-state index contributed by atoms with van der Waals surface area (Å²) in [6, 6.07) is 20.6. The maximum absolute atomic E-state index is 13.3. The van der Waals surface area contributed by atoms with Crippen molar-refractivity contribution in [2.24, 2.45) is 23.7 Å². The lowest BCUT2D eigenvalue weighted by Gasteiger charge is -2.35. The number of amides is 1. The van der Waals surface area contributed by atoms with Crippen LogP contribution in [0.4, 0.5) is 13.2 Å². The van der Waals surface area contributed by atoms with Crippen LogP contribution in [0.3, 0.4) is 0 Å². The molecule has 15 nitrogen and oxygen atoms in total. The molecule has 0 saturated heterocycles. The first-order chi connectivity index (χ1) is 36.9. The number of hydrogen-bond acceptors (Lipinski definition) is 10. The molecule has 2 atom stereocenters. The highest BCUT2D eigenvalue weighted by Crippen LogP contribution is 2.41. The van der Waals surface area contributed by atoms with Crippen molar-refractivity contribution >= 4 is 45.9 Å². The number of aliphatic carboxylic acids is 2. The fourth-order valence-corrected chi connectivity index (χ4v) is 12.0. The molecule has 2 saturated carbocycles. The molecule has 0 bridgehead atoms. The molecular formula is C59H73F3N8O7. The second-order valence-electron chi connectivity index (χ2n) is 21.5. The molecule has 2 fully saturated rings. The number of carboxylic acids is 2. The third-order valence-electron chi connectivity index (χ3n) is 16.7. The van der Waals surface area contributed by atoms with E-state index in [9.17, 15) is 37.5 Å². The zero-order valence-electron chi connectivity index (χ0n) is 45.2. The number of aromatic nitrogens is 6. The summed E-state index contributed by atoms with van der Waals surface area (Å²) in [5, 5.41) is 39.0. The molecule has 0 spiro atoms. The molecule has 2 aromatic heterocycles. The Kier molecular flexibility index (Phi) is 18.2. The smallest absolute Gasteiger partial charge is 0.391 e. The molecule has 77 heavy (non-hydrogen) atoms. The number of methoxy groups -OCH3 is 1. The third-order valence-corrected chi connectivity index (χ3v) is 16.7. The monoisotopic (exact) mass is 1060 g/mol. The van der Waals surface area contributed by atoms with Gasteiger partial charge in [0.05, 0.1) is 42.8 Å². The van der Waals surface area contributed by atoms with Crippen molar-refractivity contribution in [1.82, 2.24) is 40.2 Å². The van der Waals surface area contributed by atoms with Gasteiger partial charge in [0, 0.05) is 50.5 Å². The summed E-state index contributed by atoms with van der Waals surface area (Å²) < 4.78 is 47.9. The highest BCUT2D eigenvalue weighted by molar-refractivity contribution is 5.82. The van der Waals surface area contributed by atoms with Gasteiger partial charge in [-0.3, -0.25) is 19.2 Å². The van der Waals surface area contributed by atoms with Crippen LogP contribution in [0.2, 0.25) is 0 Å². The van der Waals surface area contributed by atoms with Gasteiger partial charge in [-0.05, 0) is 172 Å². The minimum absolute atomic E-state index is 0.00105. The third kappa shape index (κ3) is 13.0. The summed E-state index contributed by atoms with van der Waals surface area (Å²) in [5.41, 5.74) is 14.3.